The Hall–Kier alpha value is -2.64. The molecule has 0 bridgehead atoms. The minimum Gasteiger partial charge on any atom is -0.449 e. The summed E-state index contributed by atoms with van der Waals surface area (Å²) in [5.74, 6) is -0.0435. The van der Waals surface area contributed by atoms with E-state index in [1.807, 2.05) is 13.8 Å². The van der Waals surface area contributed by atoms with Gasteiger partial charge in [0.25, 0.3) is 12.3 Å². The third-order valence-electron chi connectivity index (χ3n) is 3.69. The minimum atomic E-state index is -2.53. The lowest BCUT2D eigenvalue weighted by molar-refractivity contribution is -0.0640. The SMILES string of the molecule is CC[C@@]1(C)Oc2ccc(NC(=O)c3ccn(CC(F)F)n3)cc2O1. The number of nitrogens with one attached hydrogen (secondary N) is 1. The van der Waals surface area contributed by atoms with Crippen LogP contribution in [0.1, 0.15) is 30.8 Å². The topological polar surface area (TPSA) is 65.4 Å². The molecule has 2 aromatic rings. The molecular formula is C16H17F2N3O3. The summed E-state index contributed by atoms with van der Waals surface area (Å²) < 4.78 is 37.1. The smallest absolute Gasteiger partial charge is 0.276 e. The van der Waals surface area contributed by atoms with E-state index in [4.69, 9.17) is 9.47 Å². The molecule has 1 aromatic carbocycles. The summed E-state index contributed by atoms with van der Waals surface area (Å²) in [5, 5.41) is 6.49. The third kappa shape index (κ3) is 3.32. The van der Waals surface area contributed by atoms with Gasteiger partial charge in [-0.2, -0.15) is 5.10 Å². The number of aromatic nitrogens is 2. The normalized spacial score (nSPS) is 18.9. The van der Waals surface area contributed by atoms with Crippen LogP contribution in [0.2, 0.25) is 0 Å². The fourth-order valence-corrected chi connectivity index (χ4v) is 2.30. The molecule has 3 rings (SSSR count). The lowest BCUT2D eigenvalue weighted by Crippen LogP contribution is -2.33. The average molecular weight is 337 g/mol. The zero-order chi connectivity index (χ0) is 17.3. The van der Waals surface area contributed by atoms with Crippen molar-refractivity contribution >= 4 is 11.6 Å². The molecule has 1 atom stereocenters. The van der Waals surface area contributed by atoms with Crippen molar-refractivity contribution in [2.24, 2.45) is 0 Å². The largest absolute Gasteiger partial charge is 0.449 e. The van der Waals surface area contributed by atoms with Gasteiger partial charge in [0.05, 0.1) is 0 Å². The van der Waals surface area contributed by atoms with Gasteiger partial charge >= 0.3 is 0 Å². The molecule has 0 saturated heterocycles. The highest BCUT2D eigenvalue weighted by Gasteiger charge is 2.35. The molecule has 0 aliphatic carbocycles. The van der Waals surface area contributed by atoms with Crippen molar-refractivity contribution in [3.05, 3.63) is 36.2 Å². The highest BCUT2D eigenvalue weighted by atomic mass is 19.3. The molecule has 1 amide bonds. The number of fused-ring (bicyclic) bond motifs is 1. The monoisotopic (exact) mass is 337 g/mol. The lowest BCUT2D eigenvalue weighted by Gasteiger charge is -2.20. The van der Waals surface area contributed by atoms with E-state index in [2.05, 4.69) is 10.4 Å². The fraction of sp³-hybridized carbons (Fsp3) is 0.375. The number of hydrogen-bond acceptors (Lipinski definition) is 4. The highest BCUT2D eigenvalue weighted by Crippen LogP contribution is 2.42. The molecule has 0 unspecified atom stereocenters. The van der Waals surface area contributed by atoms with E-state index in [-0.39, 0.29) is 5.69 Å². The van der Waals surface area contributed by atoms with E-state index < -0.39 is 24.7 Å². The van der Waals surface area contributed by atoms with Crippen LogP contribution in [0.5, 0.6) is 11.5 Å². The maximum Gasteiger partial charge on any atom is 0.276 e. The Kier molecular flexibility index (Phi) is 4.13. The summed E-state index contributed by atoms with van der Waals surface area (Å²) >= 11 is 0. The average Bonchev–Trinajstić information content (AvgIpc) is 3.10. The predicted octanol–water partition coefficient (Wildman–Crippen LogP) is 3.30. The summed E-state index contributed by atoms with van der Waals surface area (Å²) in [6.45, 7) is 3.23. The van der Waals surface area contributed by atoms with Gasteiger partial charge in [-0.1, -0.05) is 6.92 Å². The van der Waals surface area contributed by atoms with Crippen LogP contribution in [-0.2, 0) is 6.54 Å². The van der Waals surface area contributed by atoms with Gasteiger partial charge in [0.2, 0.25) is 5.79 Å². The number of halogens is 2. The summed E-state index contributed by atoms with van der Waals surface area (Å²) in [6, 6.07) is 6.43. The van der Waals surface area contributed by atoms with Crippen LogP contribution in [0, 0.1) is 0 Å². The second-order valence-electron chi connectivity index (χ2n) is 5.62. The number of ether oxygens (including phenoxy) is 2. The van der Waals surface area contributed by atoms with Gasteiger partial charge < -0.3 is 14.8 Å². The van der Waals surface area contributed by atoms with Crippen LogP contribution in [0.3, 0.4) is 0 Å². The van der Waals surface area contributed by atoms with Gasteiger partial charge in [-0.15, -0.1) is 0 Å². The number of anilines is 1. The summed E-state index contributed by atoms with van der Waals surface area (Å²) in [7, 11) is 0. The van der Waals surface area contributed by atoms with Crippen molar-refractivity contribution in [2.45, 2.75) is 39.0 Å². The zero-order valence-electron chi connectivity index (χ0n) is 13.3. The van der Waals surface area contributed by atoms with Gasteiger partial charge in [-0.25, -0.2) is 8.78 Å². The van der Waals surface area contributed by atoms with Crippen LogP contribution < -0.4 is 14.8 Å². The molecule has 8 heteroatoms. The molecule has 1 aliphatic heterocycles. The molecule has 6 nitrogen and oxygen atoms in total. The molecule has 24 heavy (non-hydrogen) atoms. The number of carbonyl (C=O) groups is 1. The van der Waals surface area contributed by atoms with Crippen molar-refractivity contribution in [1.29, 1.82) is 0 Å². The maximum absolute atomic E-state index is 12.3. The van der Waals surface area contributed by atoms with Crippen molar-refractivity contribution in [3.63, 3.8) is 0 Å². The quantitative estimate of drug-likeness (QED) is 0.909. The van der Waals surface area contributed by atoms with E-state index in [9.17, 15) is 13.6 Å². The fourth-order valence-electron chi connectivity index (χ4n) is 2.30. The molecule has 0 spiro atoms. The van der Waals surface area contributed by atoms with Gasteiger partial charge in [-0.3, -0.25) is 9.48 Å². The number of nitrogens with zero attached hydrogens (tertiary/aromatic N) is 2. The van der Waals surface area contributed by atoms with E-state index in [0.717, 1.165) is 4.68 Å². The Labute approximate surface area is 137 Å². The van der Waals surface area contributed by atoms with Crippen LogP contribution in [-0.4, -0.2) is 27.9 Å². The Morgan fingerprint density at radius 3 is 2.79 bits per heavy atom. The van der Waals surface area contributed by atoms with E-state index in [1.54, 1.807) is 18.2 Å². The molecule has 128 valence electrons. The van der Waals surface area contributed by atoms with Crippen molar-refractivity contribution in [2.75, 3.05) is 5.32 Å². The van der Waals surface area contributed by atoms with E-state index in [1.165, 1.54) is 12.3 Å². The number of rotatable bonds is 5. The Morgan fingerprint density at radius 2 is 2.08 bits per heavy atom. The first-order chi connectivity index (χ1) is 11.4. The second kappa shape index (κ2) is 6.10. The van der Waals surface area contributed by atoms with Crippen LogP contribution in [0.25, 0.3) is 0 Å². The van der Waals surface area contributed by atoms with E-state index in [0.29, 0.717) is 23.6 Å². The Morgan fingerprint density at radius 1 is 1.33 bits per heavy atom. The van der Waals surface area contributed by atoms with Gasteiger partial charge in [0.1, 0.15) is 6.54 Å². The van der Waals surface area contributed by atoms with Gasteiger partial charge in [-0.05, 0) is 18.2 Å². The maximum atomic E-state index is 12.3. The van der Waals surface area contributed by atoms with Crippen LogP contribution in [0.4, 0.5) is 14.5 Å². The first-order valence-electron chi connectivity index (χ1n) is 7.53. The molecule has 1 N–H and O–H groups in total. The number of amides is 1. The summed E-state index contributed by atoms with van der Waals surface area (Å²) in [4.78, 5) is 12.2. The van der Waals surface area contributed by atoms with Crippen molar-refractivity contribution < 1.29 is 23.0 Å². The Bertz CT molecular complexity index is 763. The van der Waals surface area contributed by atoms with Gasteiger partial charge in [0.15, 0.2) is 17.2 Å². The Balaban J connectivity index is 1.70. The molecule has 1 aliphatic rings. The predicted molar refractivity (Wildman–Crippen MR) is 82.6 cm³/mol. The number of alkyl halides is 2. The first-order valence-corrected chi connectivity index (χ1v) is 7.53. The van der Waals surface area contributed by atoms with Crippen LogP contribution in [0.15, 0.2) is 30.5 Å². The molecule has 0 saturated carbocycles. The number of carbonyl (C=O) groups excluding carboxylic acids is 1. The van der Waals surface area contributed by atoms with Gasteiger partial charge in [0, 0.05) is 31.3 Å². The van der Waals surface area contributed by atoms with E-state index >= 15 is 0 Å². The second-order valence-corrected chi connectivity index (χ2v) is 5.62. The third-order valence-corrected chi connectivity index (χ3v) is 3.69. The number of benzene rings is 1. The number of hydrogen-bond donors (Lipinski definition) is 1. The summed E-state index contributed by atoms with van der Waals surface area (Å²) in [5.41, 5.74) is 0.567. The molecular weight excluding hydrogens is 320 g/mol. The van der Waals surface area contributed by atoms with Crippen molar-refractivity contribution in [1.82, 2.24) is 9.78 Å². The summed E-state index contributed by atoms with van der Waals surface area (Å²) in [6.07, 6.45) is -0.513. The first kappa shape index (κ1) is 16.2. The minimum absolute atomic E-state index is 0.0618. The molecule has 2 heterocycles. The standard InChI is InChI=1S/C16H17F2N3O3/c1-3-16(2)23-12-5-4-10(8-13(12)24-16)19-15(22)11-6-7-21(20-11)9-14(17)18/h4-8,14H,3,9H2,1-2H3,(H,19,22)/t16-/m0/s1. The zero-order valence-corrected chi connectivity index (χ0v) is 13.3. The lowest BCUT2D eigenvalue weighted by atomic mass is 10.2. The van der Waals surface area contributed by atoms with Crippen molar-refractivity contribution in [3.8, 4) is 11.5 Å². The molecule has 0 fully saturated rings. The highest BCUT2D eigenvalue weighted by molar-refractivity contribution is 6.02. The molecule has 1 aromatic heterocycles. The van der Waals surface area contributed by atoms with Crippen LogP contribution >= 0.6 is 0 Å². The molecule has 0 radical (unpaired) electrons.